The second-order valence-corrected chi connectivity index (χ2v) is 4.75. The summed E-state index contributed by atoms with van der Waals surface area (Å²) in [5.74, 6) is 0.590. The number of para-hydroxylation sites is 1. The molecule has 0 aromatic heterocycles. The van der Waals surface area contributed by atoms with E-state index in [1.165, 1.54) is 6.92 Å². The highest BCUT2D eigenvalue weighted by Gasteiger charge is 2.21. The number of hydrogen-bond acceptors (Lipinski definition) is 4. The molecule has 0 radical (unpaired) electrons. The Bertz CT molecular complexity index is 725. The highest BCUT2D eigenvalue weighted by Crippen LogP contribution is 2.35. The normalized spacial score (nSPS) is 11.9. The van der Waals surface area contributed by atoms with Gasteiger partial charge in [0.1, 0.15) is 0 Å². The number of amides is 2. The Morgan fingerprint density at radius 3 is 2.32 bits per heavy atom. The van der Waals surface area contributed by atoms with Gasteiger partial charge < -0.3 is 20.1 Å². The van der Waals surface area contributed by atoms with Crippen LogP contribution in [0, 0.1) is 0 Å². The lowest BCUT2D eigenvalue weighted by Crippen LogP contribution is -2.13. The lowest BCUT2D eigenvalue weighted by molar-refractivity contribution is -0.114. The van der Waals surface area contributed by atoms with Crippen LogP contribution in [-0.2, 0) is 4.79 Å². The summed E-state index contributed by atoms with van der Waals surface area (Å²) in [6.07, 6.45) is 0. The largest absolute Gasteiger partial charge is 0.454 e. The number of benzene rings is 2. The number of hydrogen-bond donors (Lipinski definition) is 2. The molecule has 1 aliphatic rings. The van der Waals surface area contributed by atoms with E-state index in [1.54, 1.807) is 42.5 Å². The van der Waals surface area contributed by atoms with E-state index >= 15 is 0 Å². The molecule has 2 aromatic carbocycles. The molecule has 0 spiro atoms. The van der Waals surface area contributed by atoms with Crippen LogP contribution in [-0.4, -0.2) is 18.6 Å². The molecule has 0 saturated heterocycles. The van der Waals surface area contributed by atoms with Gasteiger partial charge in [0, 0.05) is 18.3 Å². The molecule has 22 heavy (non-hydrogen) atoms. The summed E-state index contributed by atoms with van der Waals surface area (Å²) in [5.41, 5.74) is 1.71. The average Bonchev–Trinajstić information content (AvgIpc) is 2.97. The van der Waals surface area contributed by atoms with Crippen molar-refractivity contribution >= 4 is 23.2 Å². The van der Waals surface area contributed by atoms with E-state index in [0.717, 1.165) is 0 Å². The molecule has 3 rings (SSSR count). The summed E-state index contributed by atoms with van der Waals surface area (Å²) in [5, 5.41) is 5.44. The molecule has 0 aliphatic carbocycles. The zero-order valence-electron chi connectivity index (χ0n) is 11.9. The maximum atomic E-state index is 12.3. The van der Waals surface area contributed by atoms with E-state index in [2.05, 4.69) is 10.6 Å². The van der Waals surface area contributed by atoms with Gasteiger partial charge in [0.2, 0.25) is 12.7 Å². The predicted octanol–water partition coefficient (Wildman–Crippen LogP) is 2.63. The SMILES string of the molecule is CC(=O)Nc1ccc(NC(=O)c2cccc3c2OCO3)cc1. The van der Waals surface area contributed by atoms with E-state index < -0.39 is 0 Å². The average molecular weight is 298 g/mol. The molecular formula is C16H14N2O4. The smallest absolute Gasteiger partial charge is 0.259 e. The standard InChI is InChI=1S/C16H14N2O4/c1-10(19)17-11-5-7-12(8-6-11)18-16(20)13-3-2-4-14-15(13)22-9-21-14/h2-8H,9H2,1H3,(H,17,19)(H,18,20). The van der Waals surface area contributed by atoms with Crippen molar-refractivity contribution in [2.75, 3.05) is 17.4 Å². The molecule has 1 aliphatic heterocycles. The van der Waals surface area contributed by atoms with Crippen LogP contribution in [0.5, 0.6) is 11.5 Å². The summed E-state index contributed by atoms with van der Waals surface area (Å²) in [7, 11) is 0. The van der Waals surface area contributed by atoms with Gasteiger partial charge in [-0.1, -0.05) is 6.07 Å². The summed E-state index contributed by atoms with van der Waals surface area (Å²) < 4.78 is 10.6. The number of fused-ring (bicyclic) bond motifs is 1. The zero-order valence-corrected chi connectivity index (χ0v) is 11.9. The van der Waals surface area contributed by atoms with Crippen molar-refractivity contribution < 1.29 is 19.1 Å². The van der Waals surface area contributed by atoms with Gasteiger partial charge in [-0.15, -0.1) is 0 Å². The number of carbonyl (C=O) groups excluding carboxylic acids is 2. The Balaban J connectivity index is 1.75. The highest BCUT2D eigenvalue weighted by atomic mass is 16.7. The zero-order chi connectivity index (χ0) is 15.5. The monoisotopic (exact) mass is 298 g/mol. The van der Waals surface area contributed by atoms with Crippen LogP contribution >= 0.6 is 0 Å². The first-order chi connectivity index (χ1) is 10.6. The molecule has 112 valence electrons. The second-order valence-electron chi connectivity index (χ2n) is 4.75. The molecule has 2 amide bonds. The molecule has 6 heteroatoms. The molecule has 0 fully saturated rings. The van der Waals surface area contributed by atoms with Gasteiger partial charge in [-0.3, -0.25) is 9.59 Å². The van der Waals surface area contributed by atoms with Crippen LogP contribution in [0.1, 0.15) is 17.3 Å². The van der Waals surface area contributed by atoms with Crippen LogP contribution in [0.15, 0.2) is 42.5 Å². The van der Waals surface area contributed by atoms with Crippen molar-refractivity contribution in [3.8, 4) is 11.5 Å². The summed E-state index contributed by atoms with van der Waals surface area (Å²) in [6.45, 7) is 1.55. The van der Waals surface area contributed by atoms with Crippen molar-refractivity contribution in [1.82, 2.24) is 0 Å². The minimum atomic E-state index is -0.283. The predicted molar refractivity (Wildman–Crippen MR) is 81.3 cm³/mol. The number of nitrogens with one attached hydrogen (secondary N) is 2. The quantitative estimate of drug-likeness (QED) is 0.913. The molecule has 2 N–H and O–H groups in total. The van der Waals surface area contributed by atoms with Crippen molar-refractivity contribution in [2.45, 2.75) is 6.92 Å². The topological polar surface area (TPSA) is 76.7 Å². The summed E-state index contributed by atoms with van der Waals surface area (Å²) in [6, 6.07) is 12.0. The van der Waals surface area contributed by atoms with Crippen LogP contribution in [0.2, 0.25) is 0 Å². The molecule has 1 heterocycles. The van der Waals surface area contributed by atoms with Crippen molar-refractivity contribution in [1.29, 1.82) is 0 Å². The second kappa shape index (κ2) is 5.77. The van der Waals surface area contributed by atoms with Crippen molar-refractivity contribution in [2.24, 2.45) is 0 Å². The first-order valence-electron chi connectivity index (χ1n) is 6.71. The Morgan fingerprint density at radius 1 is 0.955 bits per heavy atom. The third kappa shape index (κ3) is 2.85. The van der Waals surface area contributed by atoms with E-state index in [-0.39, 0.29) is 18.6 Å². The number of anilines is 2. The van der Waals surface area contributed by atoms with E-state index in [0.29, 0.717) is 28.4 Å². The Kier molecular flexibility index (Phi) is 3.65. The first kappa shape index (κ1) is 13.9. The molecule has 0 saturated carbocycles. The first-order valence-corrected chi connectivity index (χ1v) is 6.71. The van der Waals surface area contributed by atoms with Gasteiger partial charge in [0.15, 0.2) is 11.5 Å². The van der Waals surface area contributed by atoms with Gasteiger partial charge in [0.05, 0.1) is 5.56 Å². The summed E-state index contributed by atoms with van der Waals surface area (Å²) in [4.78, 5) is 23.3. The van der Waals surface area contributed by atoms with Gasteiger partial charge in [-0.2, -0.15) is 0 Å². The summed E-state index contributed by atoms with van der Waals surface area (Å²) >= 11 is 0. The molecule has 0 atom stereocenters. The Labute approximate surface area is 127 Å². The van der Waals surface area contributed by atoms with Crippen LogP contribution in [0.4, 0.5) is 11.4 Å². The number of carbonyl (C=O) groups is 2. The maximum absolute atomic E-state index is 12.3. The van der Waals surface area contributed by atoms with Gasteiger partial charge in [-0.05, 0) is 36.4 Å². The van der Waals surface area contributed by atoms with Gasteiger partial charge in [-0.25, -0.2) is 0 Å². The van der Waals surface area contributed by atoms with Gasteiger partial charge in [0.25, 0.3) is 5.91 Å². The fraction of sp³-hybridized carbons (Fsp3) is 0.125. The minimum absolute atomic E-state index is 0.116. The van der Waals surface area contributed by atoms with Gasteiger partial charge >= 0.3 is 0 Å². The number of rotatable bonds is 3. The van der Waals surface area contributed by atoms with Crippen LogP contribution in [0.3, 0.4) is 0 Å². The lowest BCUT2D eigenvalue weighted by atomic mass is 10.1. The van der Waals surface area contributed by atoms with Crippen LogP contribution < -0.4 is 20.1 Å². The van der Waals surface area contributed by atoms with Crippen molar-refractivity contribution in [3.05, 3.63) is 48.0 Å². The minimum Gasteiger partial charge on any atom is -0.454 e. The van der Waals surface area contributed by atoms with Crippen LogP contribution in [0.25, 0.3) is 0 Å². The third-order valence-corrected chi connectivity index (χ3v) is 3.10. The Hall–Kier alpha value is -3.02. The fourth-order valence-corrected chi connectivity index (χ4v) is 2.15. The van der Waals surface area contributed by atoms with E-state index in [4.69, 9.17) is 9.47 Å². The molecular weight excluding hydrogens is 284 g/mol. The highest BCUT2D eigenvalue weighted by molar-refractivity contribution is 6.07. The van der Waals surface area contributed by atoms with E-state index in [1.807, 2.05) is 0 Å². The van der Waals surface area contributed by atoms with E-state index in [9.17, 15) is 9.59 Å². The third-order valence-electron chi connectivity index (χ3n) is 3.10. The fourth-order valence-electron chi connectivity index (χ4n) is 2.15. The van der Waals surface area contributed by atoms with Crippen molar-refractivity contribution in [3.63, 3.8) is 0 Å². The maximum Gasteiger partial charge on any atom is 0.259 e. The Morgan fingerprint density at radius 2 is 1.64 bits per heavy atom. The molecule has 2 aromatic rings. The number of ether oxygens (including phenoxy) is 2. The lowest BCUT2D eigenvalue weighted by Gasteiger charge is -2.08. The molecule has 0 unspecified atom stereocenters. The molecule has 0 bridgehead atoms. The molecule has 6 nitrogen and oxygen atoms in total.